The van der Waals surface area contributed by atoms with Crippen LogP contribution < -0.4 is 5.73 Å². The Kier molecular flexibility index (Phi) is 3.99. The van der Waals surface area contributed by atoms with Gasteiger partial charge in [0.25, 0.3) is 0 Å². The molecule has 0 amide bonds. The minimum absolute atomic E-state index is 0.119. The quantitative estimate of drug-likeness (QED) is 0.856. The lowest BCUT2D eigenvalue weighted by Gasteiger charge is -2.09. The molecule has 0 aliphatic rings. The molecule has 0 bridgehead atoms. The van der Waals surface area contributed by atoms with Gasteiger partial charge < -0.3 is 10.2 Å². The summed E-state index contributed by atoms with van der Waals surface area (Å²) in [7, 11) is 0. The molecule has 1 atom stereocenters. The number of benzene rings is 1. The summed E-state index contributed by atoms with van der Waals surface area (Å²) in [5, 5.41) is 0. The Balaban J connectivity index is 1.91. The standard InChI is InChI=1S/C15H19NO/c1-2-14-8-9-15(17-14)11-13(16)10-12-6-4-3-5-7-12/h3-9,13H,2,10-11,16H2,1H3. The van der Waals surface area contributed by atoms with Crippen LogP contribution in [0.1, 0.15) is 24.0 Å². The highest BCUT2D eigenvalue weighted by atomic mass is 16.3. The van der Waals surface area contributed by atoms with Crippen molar-refractivity contribution >= 4 is 0 Å². The zero-order valence-corrected chi connectivity index (χ0v) is 10.2. The van der Waals surface area contributed by atoms with Gasteiger partial charge in [0.15, 0.2) is 0 Å². The fraction of sp³-hybridized carbons (Fsp3) is 0.333. The zero-order valence-electron chi connectivity index (χ0n) is 10.2. The van der Waals surface area contributed by atoms with Gasteiger partial charge in [-0.2, -0.15) is 0 Å². The van der Waals surface area contributed by atoms with Gasteiger partial charge in [0.2, 0.25) is 0 Å². The molecule has 2 aromatic rings. The van der Waals surface area contributed by atoms with Gasteiger partial charge in [-0.15, -0.1) is 0 Å². The second-order valence-electron chi connectivity index (χ2n) is 4.38. The lowest BCUT2D eigenvalue weighted by Crippen LogP contribution is -2.25. The molecule has 2 nitrogen and oxygen atoms in total. The minimum Gasteiger partial charge on any atom is -0.466 e. The van der Waals surface area contributed by atoms with E-state index in [-0.39, 0.29) is 6.04 Å². The van der Waals surface area contributed by atoms with E-state index in [1.807, 2.05) is 30.3 Å². The van der Waals surface area contributed by atoms with Crippen LogP contribution >= 0.6 is 0 Å². The van der Waals surface area contributed by atoms with Gasteiger partial charge in [0, 0.05) is 18.9 Å². The van der Waals surface area contributed by atoms with Crippen molar-refractivity contribution in [3.05, 3.63) is 59.5 Å². The van der Waals surface area contributed by atoms with E-state index in [4.69, 9.17) is 10.2 Å². The van der Waals surface area contributed by atoms with Crippen LogP contribution in [0.2, 0.25) is 0 Å². The summed E-state index contributed by atoms with van der Waals surface area (Å²) < 4.78 is 5.66. The molecule has 0 spiro atoms. The summed E-state index contributed by atoms with van der Waals surface area (Å²) in [6, 6.07) is 14.5. The Hall–Kier alpha value is -1.54. The van der Waals surface area contributed by atoms with Crippen molar-refractivity contribution in [2.24, 2.45) is 5.73 Å². The van der Waals surface area contributed by atoms with Crippen LogP contribution in [-0.4, -0.2) is 6.04 Å². The van der Waals surface area contributed by atoms with Gasteiger partial charge >= 0.3 is 0 Å². The molecule has 1 heterocycles. The smallest absolute Gasteiger partial charge is 0.105 e. The highest BCUT2D eigenvalue weighted by molar-refractivity contribution is 5.16. The second-order valence-corrected chi connectivity index (χ2v) is 4.38. The maximum absolute atomic E-state index is 6.13. The lowest BCUT2D eigenvalue weighted by molar-refractivity contribution is 0.451. The molecule has 2 heteroatoms. The van der Waals surface area contributed by atoms with Crippen LogP contribution in [0.25, 0.3) is 0 Å². The summed E-state index contributed by atoms with van der Waals surface area (Å²) in [5.41, 5.74) is 7.41. The molecule has 0 radical (unpaired) electrons. The molecule has 1 aromatic carbocycles. The van der Waals surface area contributed by atoms with E-state index in [2.05, 4.69) is 19.1 Å². The third-order valence-corrected chi connectivity index (χ3v) is 2.87. The van der Waals surface area contributed by atoms with Crippen molar-refractivity contribution in [1.29, 1.82) is 0 Å². The molecule has 1 aromatic heterocycles. The van der Waals surface area contributed by atoms with Crippen LogP contribution in [0.4, 0.5) is 0 Å². The molecule has 0 aliphatic carbocycles. The first-order valence-corrected chi connectivity index (χ1v) is 6.15. The summed E-state index contributed by atoms with van der Waals surface area (Å²) in [4.78, 5) is 0. The topological polar surface area (TPSA) is 39.2 Å². The van der Waals surface area contributed by atoms with Gasteiger partial charge in [-0.25, -0.2) is 0 Å². The van der Waals surface area contributed by atoms with Crippen LogP contribution in [-0.2, 0) is 19.3 Å². The van der Waals surface area contributed by atoms with Crippen molar-refractivity contribution in [1.82, 2.24) is 0 Å². The number of hydrogen-bond donors (Lipinski definition) is 1. The molecular formula is C15H19NO. The summed E-state index contributed by atoms with van der Waals surface area (Å²) in [6.45, 7) is 2.09. The van der Waals surface area contributed by atoms with Crippen LogP contribution in [0, 0.1) is 0 Å². The number of nitrogens with two attached hydrogens (primary N) is 1. The Labute approximate surface area is 102 Å². The SMILES string of the molecule is CCc1ccc(CC(N)Cc2ccccc2)o1. The van der Waals surface area contributed by atoms with Crippen molar-refractivity contribution in [3.63, 3.8) is 0 Å². The van der Waals surface area contributed by atoms with Crippen molar-refractivity contribution in [2.45, 2.75) is 32.2 Å². The first-order valence-electron chi connectivity index (χ1n) is 6.15. The normalized spacial score (nSPS) is 12.6. The fourth-order valence-corrected chi connectivity index (χ4v) is 1.97. The molecule has 0 aliphatic heterocycles. The van der Waals surface area contributed by atoms with Crippen LogP contribution in [0.3, 0.4) is 0 Å². The largest absolute Gasteiger partial charge is 0.466 e. The van der Waals surface area contributed by atoms with Crippen molar-refractivity contribution in [2.75, 3.05) is 0 Å². The number of hydrogen-bond acceptors (Lipinski definition) is 2. The molecule has 17 heavy (non-hydrogen) atoms. The Bertz CT molecular complexity index is 447. The first kappa shape index (κ1) is 11.9. The van der Waals surface area contributed by atoms with Crippen molar-refractivity contribution in [3.8, 4) is 0 Å². The summed E-state index contributed by atoms with van der Waals surface area (Å²) in [5.74, 6) is 2.03. The van der Waals surface area contributed by atoms with Gasteiger partial charge in [0.05, 0.1) is 0 Å². The molecule has 0 fully saturated rings. The Morgan fingerprint density at radius 2 is 1.71 bits per heavy atom. The predicted molar refractivity (Wildman–Crippen MR) is 69.9 cm³/mol. The van der Waals surface area contributed by atoms with E-state index in [1.165, 1.54) is 5.56 Å². The average molecular weight is 229 g/mol. The molecule has 90 valence electrons. The van der Waals surface area contributed by atoms with Crippen LogP contribution in [0.5, 0.6) is 0 Å². The highest BCUT2D eigenvalue weighted by Gasteiger charge is 2.08. The van der Waals surface area contributed by atoms with E-state index in [1.54, 1.807) is 0 Å². The monoisotopic (exact) mass is 229 g/mol. The number of aryl methyl sites for hydroxylation is 1. The first-order chi connectivity index (χ1) is 8.28. The Morgan fingerprint density at radius 3 is 2.35 bits per heavy atom. The van der Waals surface area contributed by atoms with E-state index in [0.29, 0.717) is 0 Å². The van der Waals surface area contributed by atoms with Gasteiger partial charge in [-0.3, -0.25) is 0 Å². The van der Waals surface area contributed by atoms with Gasteiger partial charge in [0.1, 0.15) is 11.5 Å². The average Bonchev–Trinajstić information content (AvgIpc) is 2.78. The minimum atomic E-state index is 0.119. The number of rotatable bonds is 5. The maximum atomic E-state index is 6.13. The number of furan rings is 1. The summed E-state index contributed by atoms with van der Waals surface area (Å²) >= 11 is 0. The molecule has 2 N–H and O–H groups in total. The van der Waals surface area contributed by atoms with E-state index < -0.39 is 0 Å². The lowest BCUT2D eigenvalue weighted by atomic mass is 10.0. The van der Waals surface area contributed by atoms with Gasteiger partial charge in [-0.1, -0.05) is 37.3 Å². The second kappa shape index (κ2) is 5.69. The molecule has 0 saturated carbocycles. The summed E-state index contributed by atoms with van der Waals surface area (Å²) in [6.07, 6.45) is 2.63. The highest BCUT2D eigenvalue weighted by Crippen LogP contribution is 2.12. The maximum Gasteiger partial charge on any atom is 0.105 e. The molecule has 1 unspecified atom stereocenters. The van der Waals surface area contributed by atoms with E-state index in [0.717, 1.165) is 30.8 Å². The third kappa shape index (κ3) is 3.46. The molecular weight excluding hydrogens is 210 g/mol. The van der Waals surface area contributed by atoms with E-state index >= 15 is 0 Å². The van der Waals surface area contributed by atoms with Crippen LogP contribution in [0.15, 0.2) is 46.9 Å². The van der Waals surface area contributed by atoms with Crippen molar-refractivity contribution < 1.29 is 4.42 Å². The predicted octanol–water partition coefficient (Wildman–Crippen LogP) is 2.95. The fourth-order valence-electron chi connectivity index (χ4n) is 1.97. The van der Waals surface area contributed by atoms with Gasteiger partial charge in [-0.05, 0) is 24.1 Å². The Morgan fingerprint density at radius 1 is 1.00 bits per heavy atom. The zero-order chi connectivity index (χ0) is 12.1. The molecule has 2 rings (SSSR count). The van der Waals surface area contributed by atoms with E-state index in [9.17, 15) is 0 Å². The molecule has 0 saturated heterocycles. The third-order valence-electron chi connectivity index (χ3n) is 2.87.